The van der Waals surface area contributed by atoms with Crippen molar-refractivity contribution in [1.29, 1.82) is 0 Å². The maximum Gasteiger partial charge on any atom is 0.0894 e. The first-order valence-electron chi connectivity index (χ1n) is 4.45. The Hall–Kier alpha value is -1.15. The van der Waals surface area contributed by atoms with E-state index in [1.165, 1.54) is 16.7 Å². The van der Waals surface area contributed by atoms with E-state index in [-0.39, 0.29) is 0 Å². The fourth-order valence-electron chi connectivity index (χ4n) is 1.77. The molecule has 0 spiro atoms. The number of ether oxygens (including phenoxy) is 1. The summed E-state index contributed by atoms with van der Waals surface area (Å²) in [6.07, 6.45) is 0. The van der Waals surface area contributed by atoms with E-state index in [1.807, 2.05) is 7.05 Å². The van der Waals surface area contributed by atoms with Gasteiger partial charge in [-0.05, 0) is 18.1 Å². The van der Waals surface area contributed by atoms with Crippen LogP contribution >= 0.6 is 0 Å². The van der Waals surface area contributed by atoms with Crippen molar-refractivity contribution in [3.63, 3.8) is 0 Å². The quantitative estimate of drug-likeness (QED) is 0.590. The molecule has 0 N–H and O–H groups in total. The van der Waals surface area contributed by atoms with Gasteiger partial charge in [-0.15, -0.1) is 0 Å². The molecule has 1 aliphatic rings. The van der Waals surface area contributed by atoms with Crippen molar-refractivity contribution in [2.75, 3.05) is 13.7 Å². The summed E-state index contributed by atoms with van der Waals surface area (Å²) < 4.78 is 5.42. The van der Waals surface area contributed by atoms with Crippen LogP contribution in [0.4, 0.5) is 0 Å². The van der Waals surface area contributed by atoms with E-state index in [2.05, 4.69) is 30.1 Å². The third-order valence-electron chi connectivity index (χ3n) is 2.41. The zero-order chi connectivity index (χ0) is 9.26. The fraction of sp³-hybridized carbons (Fsp3) is 0.364. The molecule has 0 bridgehead atoms. The Morgan fingerprint density at radius 1 is 1.31 bits per heavy atom. The van der Waals surface area contributed by atoms with Crippen LogP contribution in [-0.4, -0.2) is 19.4 Å². The highest BCUT2D eigenvalue weighted by atomic mass is 16.5. The van der Waals surface area contributed by atoms with Crippen LogP contribution in [0.25, 0.3) is 0 Å². The van der Waals surface area contributed by atoms with E-state index >= 15 is 0 Å². The Balaban J connectivity index is 2.60. The first-order valence-corrected chi connectivity index (χ1v) is 4.45. The van der Waals surface area contributed by atoms with Crippen LogP contribution in [0, 0.1) is 6.92 Å². The van der Waals surface area contributed by atoms with Gasteiger partial charge in [-0.3, -0.25) is 4.99 Å². The Bertz CT molecular complexity index is 355. The second-order valence-corrected chi connectivity index (χ2v) is 3.27. The maximum absolute atomic E-state index is 5.42. The smallest absolute Gasteiger partial charge is 0.0894 e. The zero-order valence-corrected chi connectivity index (χ0v) is 8.00. The topological polar surface area (TPSA) is 21.6 Å². The molecule has 0 saturated heterocycles. The van der Waals surface area contributed by atoms with Gasteiger partial charge in [0.25, 0.3) is 0 Å². The number of rotatable bonds is 0. The summed E-state index contributed by atoms with van der Waals surface area (Å²) in [5.74, 6) is 0. The molecule has 0 unspecified atom stereocenters. The van der Waals surface area contributed by atoms with Gasteiger partial charge >= 0.3 is 0 Å². The summed E-state index contributed by atoms with van der Waals surface area (Å²) in [5, 5.41) is 0. The van der Waals surface area contributed by atoms with Gasteiger partial charge in [-0.1, -0.05) is 18.2 Å². The van der Waals surface area contributed by atoms with Crippen molar-refractivity contribution in [2.24, 2.45) is 4.99 Å². The minimum absolute atomic E-state index is 0.647. The van der Waals surface area contributed by atoms with Crippen LogP contribution in [0.3, 0.4) is 0 Å². The van der Waals surface area contributed by atoms with Crippen LogP contribution < -0.4 is 0 Å². The molecule has 0 fully saturated rings. The molecule has 0 saturated carbocycles. The highest BCUT2D eigenvalue weighted by Gasteiger charge is 2.16. The van der Waals surface area contributed by atoms with Crippen molar-refractivity contribution in [3.05, 3.63) is 34.9 Å². The summed E-state index contributed by atoms with van der Waals surface area (Å²) in [5.41, 5.74) is 4.91. The Labute approximate surface area is 78.3 Å². The van der Waals surface area contributed by atoms with Crippen molar-refractivity contribution in [3.8, 4) is 0 Å². The average molecular weight is 175 g/mol. The van der Waals surface area contributed by atoms with Gasteiger partial charge in [-0.2, -0.15) is 0 Å². The molecule has 1 aliphatic heterocycles. The predicted octanol–water partition coefficient (Wildman–Crippen LogP) is 1.94. The predicted molar refractivity (Wildman–Crippen MR) is 53.3 cm³/mol. The van der Waals surface area contributed by atoms with Crippen LogP contribution in [0.2, 0.25) is 0 Å². The molecule has 2 heteroatoms. The molecule has 2 nitrogen and oxygen atoms in total. The summed E-state index contributed by atoms with van der Waals surface area (Å²) in [6.45, 7) is 3.49. The summed E-state index contributed by atoms with van der Waals surface area (Å²) >= 11 is 0. The number of aliphatic imine (C=N–C) groups is 1. The summed E-state index contributed by atoms with van der Waals surface area (Å²) in [4.78, 5) is 4.24. The molecule has 1 aromatic carbocycles. The van der Waals surface area contributed by atoms with Crippen molar-refractivity contribution in [1.82, 2.24) is 0 Å². The molecule has 1 heterocycles. The van der Waals surface area contributed by atoms with Crippen LogP contribution in [0.15, 0.2) is 23.2 Å². The third-order valence-corrected chi connectivity index (χ3v) is 2.41. The largest absolute Gasteiger partial charge is 0.370 e. The first kappa shape index (κ1) is 8.45. The average Bonchev–Trinajstić information content (AvgIpc) is 2.17. The van der Waals surface area contributed by atoms with Crippen molar-refractivity contribution in [2.45, 2.75) is 13.5 Å². The lowest BCUT2D eigenvalue weighted by molar-refractivity contribution is 0.152. The molecule has 2 rings (SSSR count). The lowest BCUT2D eigenvalue weighted by atomic mass is 9.97. The minimum atomic E-state index is 0.647. The number of nitrogens with zero attached hydrogens (tertiary/aromatic N) is 1. The van der Waals surface area contributed by atoms with Crippen LogP contribution in [0.1, 0.15) is 16.7 Å². The number of hydrogen-bond acceptors (Lipinski definition) is 2. The SMILES string of the molecule is CN=C1COCc2cccc(C)c21. The normalized spacial score (nSPS) is 18.8. The van der Waals surface area contributed by atoms with Gasteiger partial charge in [0, 0.05) is 12.6 Å². The number of fused-ring (bicyclic) bond motifs is 1. The lowest BCUT2D eigenvalue weighted by Crippen LogP contribution is -2.20. The van der Waals surface area contributed by atoms with E-state index in [0.717, 1.165) is 12.3 Å². The van der Waals surface area contributed by atoms with Gasteiger partial charge in [0.2, 0.25) is 0 Å². The molecule has 0 atom stereocenters. The van der Waals surface area contributed by atoms with Crippen molar-refractivity contribution >= 4 is 5.71 Å². The monoisotopic (exact) mass is 175 g/mol. The fourth-order valence-corrected chi connectivity index (χ4v) is 1.77. The second-order valence-electron chi connectivity index (χ2n) is 3.27. The molecule has 0 aromatic heterocycles. The number of benzene rings is 1. The molecular weight excluding hydrogens is 162 g/mol. The summed E-state index contributed by atoms with van der Waals surface area (Å²) in [7, 11) is 1.82. The minimum Gasteiger partial charge on any atom is -0.370 e. The Kier molecular flexibility index (Phi) is 2.15. The van der Waals surface area contributed by atoms with Crippen LogP contribution in [0.5, 0.6) is 0 Å². The third kappa shape index (κ3) is 1.38. The molecule has 0 aliphatic carbocycles. The Morgan fingerprint density at radius 3 is 2.92 bits per heavy atom. The highest BCUT2D eigenvalue weighted by Crippen LogP contribution is 2.20. The molecule has 1 aromatic rings. The molecular formula is C11H13NO. The summed E-state index contributed by atoms with van der Waals surface area (Å²) in [6, 6.07) is 6.29. The van der Waals surface area contributed by atoms with E-state index in [1.54, 1.807) is 0 Å². The number of hydrogen-bond donors (Lipinski definition) is 0. The Morgan fingerprint density at radius 2 is 2.15 bits per heavy atom. The zero-order valence-electron chi connectivity index (χ0n) is 8.00. The van der Waals surface area contributed by atoms with Gasteiger partial charge in [0.15, 0.2) is 0 Å². The van der Waals surface area contributed by atoms with Gasteiger partial charge in [0.1, 0.15) is 0 Å². The van der Waals surface area contributed by atoms with E-state index in [4.69, 9.17) is 4.74 Å². The lowest BCUT2D eigenvalue weighted by Gasteiger charge is -2.19. The van der Waals surface area contributed by atoms with Gasteiger partial charge in [-0.25, -0.2) is 0 Å². The van der Waals surface area contributed by atoms with E-state index in [0.29, 0.717) is 6.61 Å². The first-order chi connectivity index (χ1) is 6.33. The van der Waals surface area contributed by atoms with E-state index < -0.39 is 0 Å². The number of aryl methyl sites for hydroxylation is 1. The standard InChI is InChI=1S/C11H13NO/c1-8-4-3-5-9-6-13-7-10(12-2)11(8)9/h3-5H,6-7H2,1-2H3. The van der Waals surface area contributed by atoms with Gasteiger partial charge in [0.05, 0.1) is 18.9 Å². The van der Waals surface area contributed by atoms with E-state index in [9.17, 15) is 0 Å². The second kappa shape index (κ2) is 3.30. The molecule has 0 radical (unpaired) electrons. The molecule has 13 heavy (non-hydrogen) atoms. The highest BCUT2D eigenvalue weighted by molar-refractivity contribution is 6.04. The molecule has 68 valence electrons. The maximum atomic E-state index is 5.42. The van der Waals surface area contributed by atoms with Crippen molar-refractivity contribution < 1.29 is 4.74 Å². The molecule has 0 amide bonds. The van der Waals surface area contributed by atoms with Crippen LogP contribution in [-0.2, 0) is 11.3 Å². The van der Waals surface area contributed by atoms with Gasteiger partial charge < -0.3 is 4.74 Å².